The summed E-state index contributed by atoms with van der Waals surface area (Å²) in [5.41, 5.74) is 1.76. The van der Waals surface area contributed by atoms with Gasteiger partial charge in [-0.15, -0.1) is 0 Å². The molecule has 0 N–H and O–H groups in total. The molecule has 0 aliphatic carbocycles. The van der Waals surface area contributed by atoms with Gasteiger partial charge < -0.3 is 4.74 Å². The Morgan fingerprint density at radius 3 is 2.61 bits per heavy atom. The summed E-state index contributed by atoms with van der Waals surface area (Å²) < 4.78 is 6.43. The molecule has 0 spiro atoms. The second-order valence-electron chi connectivity index (χ2n) is 4.59. The topological polar surface area (TPSA) is 76.2 Å². The number of hydrogen-bond acceptors (Lipinski definition) is 4. The van der Waals surface area contributed by atoms with Gasteiger partial charge in [0.15, 0.2) is 0 Å². The van der Waals surface area contributed by atoms with Gasteiger partial charge in [0.2, 0.25) is 0 Å². The molecule has 0 saturated heterocycles. The summed E-state index contributed by atoms with van der Waals surface area (Å²) in [6, 6.07) is 13.5. The van der Waals surface area contributed by atoms with Gasteiger partial charge in [-0.25, -0.2) is 0 Å². The summed E-state index contributed by atoms with van der Waals surface area (Å²) in [5, 5.41) is 20.1. The van der Waals surface area contributed by atoms with Crippen molar-refractivity contribution in [2.24, 2.45) is 0 Å². The highest BCUT2D eigenvalue weighted by atomic mass is 79.9. The van der Waals surface area contributed by atoms with Crippen LogP contribution in [0, 0.1) is 21.4 Å². The molecule has 0 unspecified atom stereocenters. The van der Waals surface area contributed by atoms with Crippen molar-refractivity contribution < 1.29 is 9.66 Å². The van der Waals surface area contributed by atoms with Crippen LogP contribution in [0.3, 0.4) is 0 Å². The third kappa shape index (κ3) is 4.18. The minimum absolute atomic E-state index is 0.0106. The lowest BCUT2D eigenvalue weighted by Crippen LogP contribution is -1.94. The molecular formula is C17H13BrN2O3. The van der Waals surface area contributed by atoms with E-state index in [4.69, 9.17) is 4.74 Å². The van der Waals surface area contributed by atoms with E-state index < -0.39 is 4.92 Å². The molecule has 0 amide bonds. The lowest BCUT2D eigenvalue weighted by atomic mass is 10.0. The van der Waals surface area contributed by atoms with Crippen LogP contribution in [0.1, 0.15) is 18.1 Å². The Balaban J connectivity index is 2.45. The van der Waals surface area contributed by atoms with Gasteiger partial charge in [-0.05, 0) is 48.9 Å². The molecular weight excluding hydrogens is 360 g/mol. The smallest absolute Gasteiger partial charge is 0.269 e. The summed E-state index contributed by atoms with van der Waals surface area (Å²) in [7, 11) is 0. The number of hydrogen-bond donors (Lipinski definition) is 0. The highest BCUT2D eigenvalue weighted by Gasteiger charge is 2.09. The standard InChI is InChI=1S/C17H13BrN2O3/c1-2-23-17-8-5-15(18)10-13(17)9-14(11-19)12-3-6-16(7-4-12)20(21)22/h3-10H,2H2,1H3/b14-9+. The normalized spacial score (nSPS) is 10.9. The van der Waals surface area contributed by atoms with Gasteiger partial charge in [-0.2, -0.15) is 5.26 Å². The first-order chi connectivity index (χ1) is 11.0. The molecule has 0 aromatic heterocycles. The molecule has 2 rings (SSSR count). The third-order valence-corrected chi connectivity index (χ3v) is 3.57. The molecule has 5 nitrogen and oxygen atoms in total. The van der Waals surface area contributed by atoms with E-state index in [9.17, 15) is 15.4 Å². The maximum absolute atomic E-state index is 10.7. The zero-order chi connectivity index (χ0) is 16.8. The molecule has 0 bridgehead atoms. The summed E-state index contributed by atoms with van der Waals surface area (Å²) in [5.74, 6) is 0.672. The first-order valence-corrected chi connectivity index (χ1v) is 7.63. The number of non-ortho nitro benzene ring substituents is 1. The molecule has 6 heteroatoms. The van der Waals surface area contributed by atoms with Crippen LogP contribution in [-0.4, -0.2) is 11.5 Å². The molecule has 2 aromatic carbocycles. The minimum atomic E-state index is -0.471. The average molecular weight is 373 g/mol. The number of rotatable bonds is 5. The van der Waals surface area contributed by atoms with Gasteiger partial charge in [0.05, 0.1) is 23.2 Å². The SMILES string of the molecule is CCOc1ccc(Br)cc1/C=C(\C#N)c1ccc([N+](=O)[O-])cc1. The third-order valence-electron chi connectivity index (χ3n) is 3.08. The van der Waals surface area contributed by atoms with E-state index in [1.165, 1.54) is 12.1 Å². The van der Waals surface area contributed by atoms with Crippen LogP contribution in [0.15, 0.2) is 46.9 Å². The van der Waals surface area contributed by atoms with Gasteiger partial charge in [-0.1, -0.05) is 15.9 Å². The number of allylic oxidation sites excluding steroid dienone is 1. The fourth-order valence-electron chi connectivity index (χ4n) is 2.02. The second-order valence-corrected chi connectivity index (χ2v) is 5.50. The van der Waals surface area contributed by atoms with Crippen molar-refractivity contribution in [2.75, 3.05) is 6.61 Å². The summed E-state index contributed by atoms with van der Waals surface area (Å²) >= 11 is 3.40. The van der Waals surface area contributed by atoms with E-state index in [-0.39, 0.29) is 5.69 Å². The highest BCUT2D eigenvalue weighted by Crippen LogP contribution is 2.28. The van der Waals surface area contributed by atoms with Crippen LogP contribution in [0.4, 0.5) is 5.69 Å². The zero-order valence-corrected chi connectivity index (χ0v) is 13.9. The van der Waals surface area contributed by atoms with Crippen molar-refractivity contribution in [2.45, 2.75) is 6.92 Å². The quantitative estimate of drug-likeness (QED) is 0.326. The van der Waals surface area contributed by atoms with Crippen LogP contribution < -0.4 is 4.74 Å². The lowest BCUT2D eigenvalue weighted by Gasteiger charge is -2.08. The molecule has 2 aromatic rings. The number of nitro groups is 1. The summed E-state index contributed by atoms with van der Waals surface area (Å²) in [6.07, 6.45) is 1.71. The number of nitro benzene ring substituents is 1. The first-order valence-electron chi connectivity index (χ1n) is 6.84. The number of ether oxygens (including phenoxy) is 1. The van der Waals surface area contributed by atoms with E-state index in [2.05, 4.69) is 22.0 Å². The van der Waals surface area contributed by atoms with Crippen LogP contribution in [0.25, 0.3) is 11.6 Å². The monoisotopic (exact) mass is 372 g/mol. The highest BCUT2D eigenvalue weighted by molar-refractivity contribution is 9.10. The molecule has 0 radical (unpaired) electrons. The van der Waals surface area contributed by atoms with E-state index >= 15 is 0 Å². The average Bonchev–Trinajstić information content (AvgIpc) is 2.55. The lowest BCUT2D eigenvalue weighted by molar-refractivity contribution is -0.384. The Morgan fingerprint density at radius 1 is 1.35 bits per heavy atom. The number of halogens is 1. The van der Waals surface area contributed by atoms with Crippen molar-refractivity contribution in [1.82, 2.24) is 0 Å². The fourth-order valence-corrected chi connectivity index (χ4v) is 2.40. The van der Waals surface area contributed by atoms with Crippen LogP contribution in [0.2, 0.25) is 0 Å². The zero-order valence-electron chi connectivity index (χ0n) is 12.3. The Bertz CT molecular complexity index is 792. The number of benzene rings is 2. The van der Waals surface area contributed by atoms with E-state index in [1.807, 2.05) is 25.1 Å². The van der Waals surface area contributed by atoms with Gasteiger partial charge >= 0.3 is 0 Å². The maximum Gasteiger partial charge on any atom is 0.269 e. The predicted octanol–water partition coefficient (Wildman–Crippen LogP) is 4.82. The molecule has 0 saturated carbocycles. The van der Waals surface area contributed by atoms with E-state index in [0.29, 0.717) is 23.5 Å². The van der Waals surface area contributed by atoms with Gasteiger partial charge in [0.25, 0.3) is 5.69 Å². The Labute approximate surface area is 142 Å². The van der Waals surface area contributed by atoms with E-state index in [0.717, 1.165) is 10.0 Å². The van der Waals surface area contributed by atoms with Gasteiger partial charge in [0.1, 0.15) is 5.75 Å². The summed E-state index contributed by atoms with van der Waals surface area (Å²) in [6.45, 7) is 2.40. The Kier molecular flexibility index (Phi) is 5.50. The molecule has 116 valence electrons. The Morgan fingerprint density at radius 2 is 2.04 bits per heavy atom. The molecule has 0 aliphatic rings. The fraction of sp³-hybridized carbons (Fsp3) is 0.118. The van der Waals surface area contributed by atoms with Crippen molar-refractivity contribution in [3.8, 4) is 11.8 Å². The minimum Gasteiger partial charge on any atom is -0.493 e. The predicted molar refractivity (Wildman–Crippen MR) is 91.9 cm³/mol. The van der Waals surface area contributed by atoms with Crippen molar-refractivity contribution in [3.05, 3.63) is 68.2 Å². The maximum atomic E-state index is 10.7. The van der Waals surface area contributed by atoms with Crippen LogP contribution >= 0.6 is 15.9 Å². The van der Waals surface area contributed by atoms with Crippen LogP contribution in [-0.2, 0) is 0 Å². The molecule has 0 aliphatic heterocycles. The first kappa shape index (κ1) is 16.7. The molecule has 23 heavy (non-hydrogen) atoms. The van der Waals surface area contributed by atoms with E-state index in [1.54, 1.807) is 18.2 Å². The second kappa shape index (κ2) is 7.56. The largest absolute Gasteiger partial charge is 0.493 e. The summed E-state index contributed by atoms with van der Waals surface area (Å²) in [4.78, 5) is 10.2. The Hall–Kier alpha value is -2.65. The van der Waals surface area contributed by atoms with Gasteiger partial charge in [0, 0.05) is 22.2 Å². The molecule has 0 atom stereocenters. The van der Waals surface area contributed by atoms with Crippen molar-refractivity contribution >= 4 is 33.3 Å². The molecule has 0 fully saturated rings. The van der Waals surface area contributed by atoms with Gasteiger partial charge in [-0.3, -0.25) is 10.1 Å². The number of nitriles is 1. The van der Waals surface area contributed by atoms with Crippen molar-refractivity contribution in [1.29, 1.82) is 5.26 Å². The van der Waals surface area contributed by atoms with Crippen molar-refractivity contribution in [3.63, 3.8) is 0 Å². The number of nitrogens with zero attached hydrogens (tertiary/aromatic N) is 2. The molecule has 0 heterocycles. The van der Waals surface area contributed by atoms with Crippen LogP contribution in [0.5, 0.6) is 5.75 Å².